The van der Waals surface area contributed by atoms with Crippen molar-refractivity contribution in [3.05, 3.63) is 65.5 Å². The standard InChI is InChI=1S/C18H18N4O4S/c1-2-18(13-8-4-3-5-9-13)16(24)22(17(25)19-18)20-14(23)12-27-15-10-6-7-11-21(15)26/h3-11H,2,12H2,1H3,(H,19,25)(H,20,23). The van der Waals surface area contributed by atoms with Crippen molar-refractivity contribution in [3.63, 3.8) is 0 Å². The van der Waals surface area contributed by atoms with E-state index in [1.54, 1.807) is 49.4 Å². The molecule has 2 N–H and O–H groups in total. The van der Waals surface area contributed by atoms with E-state index >= 15 is 0 Å². The van der Waals surface area contributed by atoms with Gasteiger partial charge in [0.15, 0.2) is 6.20 Å². The molecule has 1 unspecified atom stereocenters. The van der Waals surface area contributed by atoms with E-state index in [1.807, 2.05) is 6.07 Å². The Labute approximate surface area is 160 Å². The fourth-order valence-corrected chi connectivity index (χ4v) is 3.57. The summed E-state index contributed by atoms with van der Waals surface area (Å²) < 4.78 is 0.642. The van der Waals surface area contributed by atoms with E-state index in [1.165, 1.54) is 6.20 Å². The lowest BCUT2D eigenvalue weighted by atomic mass is 9.87. The molecule has 0 radical (unpaired) electrons. The average molecular weight is 386 g/mol. The summed E-state index contributed by atoms with van der Waals surface area (Å²) in [5.41, 5.74) is 1.76. The molecule has 4 amide bonds. The summed E-state index contributed by atoms with van der Waals surface area (Å²) in [7, 11) is 0. The summed E-state index contributed by atoms with van der Waals surface area (Å²) in [6, 6.07) is 13.0. The number of nitrogens with zero attached hydrogens (tertiary/aromatic N) is 2. The molecule has 0 spiro atoms. The molecule has 1 atom stereocenters. The normalized spacial score (nSPS) is 19.1. The molecule has 27 heavy (non-hydrogen) atoms. The van der Waals surface area contributed by atoms with Crippen LogP contribution in [0.15, 0.2) is 59.8 Å². The van der Waals surface area contributed by atoms with Gasteiger partial charge in [0.1, 0.15) is 5.54 Å². The molecule has 0 saturated carbocycles. The Kier molecular flexibility index (Phi) is 5.31. The van der Waals surface area contributed by atoms with E-state index in [0.29, 0.717) is 26.7 Å². The van der Waals surface area contributed by atoms with Crippen molar-refractivity contribution >= 4 is 29.6 Å². The van der Waals surface area contributed by atoms with E-state index in [4.69, 9.17) is 0 Å². The number of hydrogen-bond acceptors (Lipinski definition) is 5. The largest absolute Gasteiger partial charge is 0.618 e. The molecule has 8 nitrogen and oxygen atoms in total. The van der Waals surface area contributed by atoms with Crippen LogP contribution in [0.2, 0.25) is 0 Å². The fourth-order valence-electron chi connectivity index (χ4n) is 2.86. The highest BCUT2D eigenvalue weighted by atomic mass is 32.2. The maximum absolute atomic E-state index is 12.9. The quantitative estimate of drug-likeness (QED) is 0.337. The van der Waals surface area contributed by atoms with E-state index in [-0.39, 0.29) is 5.75 Å². The second kappa shape index (κ2) is 7.67. The number of pyridine rings is 1. The van der Waals surface area contributed by atoms with Crippen molar-refractivity contribution in [1.29, 1.82) is 0 Å². The van der Waals surface area contributed by atoms with Crippen LogP contribution >= 0.6 is 11.8 Å². The monoisotopic (exact) mass is 386 g/mol. The van der Waals surface area contributed by atoms with Gasteiger partial charge in [0, 0.05) is 12.1 Å². The van der Waals surface area contributed by atoms with E-state index in [9.17, 15) is 19.6 Å². The van der Waals surface area contributed by atoms with E-state index in [2.05, 4.69) is 10.7 Å². The summed E-state index contributed by atoms with van der Waals surface area (Å²) in [6.45, 7) is 1.79. The van der Waals surface area contributed by atoms with Crippen LogP contribution in [0.3, 0.4) is 0 Å². The first-order chi connectivity index (χ1) is 13.0. The molecule has 1 fully saturated rings. The van der Waals surface area contributed by atoms with Gasteiger partial charge in [-0.05, 0) is 29.8 Å². The van der Waals surface area contributed by atoms with Crippen LogP contribution in [0.1, 0.15) is 18.9 Å². The zero-order chi connectivity index (χ0) is 19.4. The van der Waals surface area contributed by atoms with Gasteiger partial charge in [0.05, 0.1) is 5.75 Å². The number of aromatic nitrogens is 1. The molecule has 2 heterocycles. The van der Waals surface area contributed by atoms with Crippen LogP contribution in [-0.4, -0.2) is 28.6 Å². The highest BCUT2D eigenvalue weighted by molar-refractivity contribution is 7.99. The van der Waals surface area contributed by atoms with Crippen molar-refractivity contribution in [1.82, 2.24) is 15.8 Å². The zero-order valence-corrected chi connectivity index (χ0v) is 15.4. The molecule has 1 aromatic heterocycles. The molecule has 1 aromatic carbocycles. The number of urea groups is 1. The maximum Gasteiger partial charge on any atom is 0.344 e. The smallest absolute Gasteiger partial charge is 0.344 e. The summed E-state index contributed by atoms with van der Waals surface area (Å²) in [4.78, 5) is 37.4. The number of hydrazine groups is 1. The molecule has 140 valence electrons. The third-order valence-electron chi connectivity index (χ3n) is 4.26. The number of thioether (sulfide) groups is 1. The van der Waals surface area contributed by atoms with Crippen molar-refractivity contribution < 1.29 is 19.1 Å². The van der Waals surface area contributed by atoms with E-state index < -0.39 is 23.4 Å². The number of carbonyl (C=O) groups is 3. The lowest BCUT2D eigenvalue weighted by Gasteiger charge is -2.25. The summed E-state index contributed by atoms with van der Waals surface area (Å²) in [6.07, 6.45) is 1.66. The number of carbonyl (C=O) groups excluding carboxylic acids is 3. The minimum atomic E-state index is -1.21. The Balaban J connectivity index is 1.70. The lowest BCUT2D eigenvalue weighted by Crippen LogP contribution is -2.49. The SMILES string of the molecule is CCC1(c2ccccc2)NC(=O)N(NC(=O)CSc2cccc[n+]2[O-])C1=O. The van der Waals surface area contributed by atoms with Gasteiger partial charge >= 0.3 is 6.03 Å². The predicted molar refractivity (Wildman–Crippen MR) is 98.1 cm³/mol. The Morgan fingerprint density at radius 1 is 1.22 bits per heavy atom. The molecule has 0 bridgehead atoms. The molecule has 1 aliphatic heterocycles. The average Bonchev–Trinajstić information content (AvgIpc) is 2.93. The van der Waals surface area contributed by atoms with Crippen LogP contribution in [0.4, 0.5) is 4.79 Å². The summed E-state index contributed by atoms with van der Waals surface area (Å²) >= 11 is 1.01. The predicted octanol–water partition coefficient (Wildman–Crippen LogP) is 1.30. The van der Waals surface area contributed by atoms with Gasteiger partial charge in [-0.25, -0.2) is 4.79 Å². The van der Waals surface area contributed by atoms with Crippen molar-refractivity contribution in [3.8, 4) is 0 Å². The molecule has 1 aliphatic rings. The molecule has 3 rings (SSSR count). The Hall–Kier alpha value is -3.07. The van der Waals surface area contributed by atoms with Crippen molar-refractivity contribution in [2.75, 3.05) is 5.75 Å². The number of rotatable bonds is 6. The van der Waals surface area contributed by atoms with Gasteiger partial charge in [0.2, 0.25) is 5.91 Å². The Morgan fingerprint density at radius 2 is 1.93 bits per heavy atom. The van der Waals surface area contributed by atoms with Gasteiger partial charge in [-0.2, -0.15) is 9.74 Å². The molecule has 2 aromatic rings. The first-order valence-corrected chi connectivity index (χ1v) is 9.29. The van der Waals surface area contributed by atoms with Gasteiger partial charge < -0.3 is 10.5 Å². The van der Waals surface area contributed by atoms with Crippen molar-refractivity contribution in [2.24, 2.45) is 0 Å². The number of amides is 4. The molecular weight excluding hydrogens is 368 g/mol. The van der Waals surface area contributed by atoms with Gasteiger partial charge in [0.25, 0.3) is 10.9 Å². The third kappa shape index (κ3) is 3.59. The number of hydrogen-bond donors (Lipinski definition) is 2. The number of nitrogens with one attached hydrogen (secondary N) is 2. The molecule has 9 heteroatoms. The molecule has 1 saturated heterocycles. The van der Waals surface area contributed by atoms with Gasteiger partial charge in [-0.15, -0.1) is 0 Å². The maximum atomic E-state index is 12.9. The number of benzene rings is 1. The van der Waals surface area contributed by atoms with E-state index in [0.717, 1.165) is 11.8 Å². The Bertz CT molecular complexity index is 877. The van der Waals surface area contributed by atoms with Gasteiger partial charge in [-0.1, -0.05) is 37.3 Å². The molecule has 0 aliphatic carbocycles. The summed E-state index contributed by atoms with van der Waals surface area (Å²) in [5, 5.41) is 15.3. The minimum absolute atomic E-state index is 0.117. The summed E-state index contributed by atoms with van der Waals surface area (Å²) in [5.74, 6) is -1.22. The minimum Gasteiger partial charge on any atom is -0.618 e. The van der Waals surface area contributed by atoms with Crippen LogP contribution < -0.4 is 15.5 Å². The highest BCUT2D eigenvalue weighted by Crippen LogP contribution is 2.31. The second-order valence-electron chi connectivity index (χ2n) is 5.88. The number of imide groups is 1. The topological polar surface area (TPSA) is 105 Å². The first kappa shape index (κ1) is 18.7. The third-order valence-corrected chi connectivity index (χ3v) is 5.28. The highest BCUT2D eigenvalue weighted by Gasteiger charge is 2.52. The fraction of sp³-hybridized carbons (Fsp3) is 0.222. The second-order valence-corrected chi connectivity index (χ2v) is 6.88. The zero-order valence-electron chi connectivity index (χ0n) is 14.5. The lowest BCUT2D eigenvalue weighted by molar-refractivity contribution is -0.645. The molecular formula is C18H18N4O4S. The van der Waals surface area contributed by atoms with Crippen LogP contribution in [0.25, 0.3) is 0 Å². The van der Waals surface area contributed by atoms with Crippen LogP contribution in [0, 0.1) is 5.21 Å². The first-order valence-electron chi connectivity index (χ1n) is 8.30. The van der Waals surface area contributed by atoms with Crippen LogP contribution in [-0.2, 0) is 15.1 Å². The van der Waals surface area contributed by atoms with Crippen LogP contribution in [0.5, 0.6) is 0 Å². The van der Waals surface area contributed by atoms with Crippen molar-refractivity contribution in [2.45, 2.75) is 23.9 Å². The Morgan fingerprint density at radius 3 is 2.59 bits per heavy atom. The van der Waals surface area contributed by atoms with Gasteiger partial charge in [-0.3, -0.25) is 15.0 Å².